The maximum absolute atomic E-state index is 3.51. The van der Waals surface area contributed by atoms with E-state index in [-0.39, 0.29) is 0 Å². The maximum Gasteiger partial charge on any atom is 0.00580 e. The predicted molar refractivity (Wildman–Crippen MR) is 67.0 cm³/mol. The van der Waals surface area contributed by atoms with Crippen molar-refractivity contribution in [2.45, 2.75) is 39.0 Å². The summed E-state index contributed by atoms with van der Waals surface area (Å²) in [6.07, 6.45) is 9.22. The van der Waals surface area contributed by atoms with Gasteiger partial charge in [0.2, 0.25) is 0 Å². The molecule has 1 N–H and O–H groups in total. The Bertz CT molecular complexity index is 166. The molecule has 0 unspecified atom stereocenters. The molecule has 14 heavy (non-hydrogen) atoms. The third kappa shape index (κ3) is 5.71. The molecule has 0 saturated heterocycles. The van der Waals surface area contributed by atoms with Gasteiger partial charge in [-0.15, -0.1) is 0 Å². The van der Waals surface area contributed by atoms with Crippen molar-refractivity contribution in [3.05, 3.63) is 11.6 Å². The van der Waals surface area contributed by atoms with Crippen LogP contribution in [-0.4, -0.2) is 24.6 Å². The first-order chi connectivity index (χ1) is 6.93. The van der Waals surface area contributed by atoms with E-state index in [1.54, 1.807) is 5.57 Å². The molecule has 2 heteroatoms. The van der Waals surface area contributed by atoms with Gasteiger partial charge in [0.1, 0.15) is 0 Å². The largest absolute Gasteiger partial charge is 0.316 e. The number of rotatable bonds is 7. The minimum Gasteiger partial charge on any atom is -0.316 e. The Labute approximate surface area is 92.7 Å². The molecular formula is C12H23NS. The first kappa shape index (κ1) is 12.1. The molecule has 0 bridgehead atoms. The quantitative estimate of drug-likeness (QED) is 0.515. The topological polar surface area (TPSA) is 12.0 Å². The Hall–Kier alpha value is 0.0500. The summed E-state index contributed by atoms with van der Waals surface area (Å²) in [5.74, 6) is 2.50. The minimum atomic E-state index is 1.17. The van der Waals surface area contributed by atoms with Crippen molar-refractivity contribution in [3.63, 3.8) is 0 Å². The average Bonchev–Trinajstić information content (AvgIpc) is 2.25. The maximum atomic E-state index is 3.51. The Morgan fingerprint density at radius 1 is 1.36 bits per heavy atom. The van der Waals surface area contributed by atoms with Gasteiger partial charge >= 0.3 is 0 Å². The Morgan fingerprint density at radius 2 is 2.29 bits per heavy atom. The third-order valence-corrected chi connectivity index (χ3v) is 3.54. The van der Waals surface area contributed by atoms with E-state index < -0.39 is 0 Å². The fraction of sp³-hybridized carbons (Fsp3) is 0.833. The van der Waals surface area contributed by atoms with Crippen LogP contribution in [0.1, 0.15) is 39.0 Å². The summed E-state index contributed by atoms with van der Waals surface area (Å²) in [7, 11) is 0. The van der Waals surface area contributed by atoms with Crippen LogP contribution in [0.2, 0.25) is 0 Å². The summed E-state index contributed by atoms with van der Waals surface area (Å²) in [5.41, 5.74) is 1.69. The molecule has 0 aromatic carbocycles. The molecule has 0 radical (unpaired) electrons. The highest BCUT2D eigenvalue weighted by molar-refractivity contribution is 7.99. The van der Waals surface area contributed by atoms with Crippen molar-refractivity contribution in [1.29, 1.82) is 0 Å². The van der Waals surface area contributed by atoms with E-state index >= 15 is 0 Å². The number of thioether (sulfide) groups is 1. The van der Waals surface area contributed by atoms with Crippen LogP contribution in [0, 0.1) is 0 Å². The normalized spacial score (nSPS) is 16.8. The first-order valence-corrected chi connectivity index (χ1v) is 7.05. The highest BCUT2D eigenvalue weighted by Crippen LogP contribution is 2.19. The Morgan fingerprint density at radius 3 is 3.00 bits per heavy atom. The van der Waals surface area contributed by atoms with E-state index in [9.17, 15) is 0 Å². The van der Waals surface area contributed by atoms with Gasteiger partial charge in [-0.05, 0) is 44.4 Å². The molecule has 1 rings (SSSR count). The fourth-order valence-electron chi connectivity index (χ4n) is 1.79. The van der Waals surface area contributed by atoms with Crippen LogP contribution in [0.5, 0.6) is 0 Å². The van der Waals surface area contributed by atoms with Gasteiger partial charge in [0.25, 0.3) is 0 Å². The molecule has 1 aliphatic carbocycles. The van der Waals surface area contributed by atoms with Gasteiger partial charge in [0, 0.05) is 12.3 Å². The van der Waals surface area contributed by atoms with Gasteiger partial charge in [-0.3, -0.25) is 0 Å². The first-order valence-electron chi connectivity index (χ1n) is 5.90. The monoisotopic (exact) mass is 213 g/mol. The van der Waals surface area contributed by atoms with Gasteiger partial charge in [-0.25, -0.2) is 0 Å². The van der Waals surface area contributed by atoms with Crippen molar-refractivity contribution in [1.82, 2.24) is 5.32 Å². The zero-order chi connectivity index (χ0) is 10.1. The number of hydrogen-bond acceptors (Lipinski definition) is 2. The average molecular weight is 213 g/mol. The second kappa shape index (κ2) is 8.37. The molecule has 1 nitrogen and oxygen atoms in total. The smallest absolute Gasteiger partial charge is 0.00580 e. The molecule has 0 aliphatic heterocycles. The van der Waals surface area contributed by atoms with Crippen LogP contribution >= 0.6 is 11.8 Å². The summed E-state index contributed by atoms with van der Waals surface area (Å²) in [6, 6.07) is 0. The SMILES string of the molecule is CCSCCNCCC1=CCCCC1. The van der Waals surface area contributed by atoms with Crippen molar-refractivity contribution in [3.8, 4) is 0 Å². The van der Waals surface area contributed by atoms with Crippen molar-refractivity contribution >= 4 is 11.8 Å². The molecule has 0 spiro atoms. The highest BCUT2D eigenvalue weighted by atomic mass is 32.2. The lowest BCUT2D eigenvalue weighted by atomic mass is 9.97. The number of hydrogen-bond donors (Lipinski definition) is 1. The molecule has 0 heterocycles. The highest BCUT2D eigenvalue weighted by Gasteiger charge is 2.02. The van der Waals surface area contributed by atoms with Crippen LogP contribution in [0.3, 0.4) is 0 Å². The van der Waals surface area contributed by atoms with E-state index in [2.05, 4.69) is 18.3 Å². The summed E-state index contributed by atoms with van der Waals surface area (Å²) in [4.78, 5) is 0. The second-order valence-electron chi connectivity index (χ2n) is 3.81. The molecule has 0 fully saturated rings. The summed E-state index contributed by atoms with van der Waals surface area (Å²) in [5, 5.41) is 3.51. The molecule has 82 valence electrons. The molecule has 0 atom stereocenters. The lowest BCUT2D eigenvalue weighted by Crippen LogP contribution is -2.19. The minimum absolute atomic E-state index is 1.17. The zero-order valence-electron chi connectivity index (χ0n) is 9.35. The van der Waals surface area contributed by atoms with E-state index in [1.165, 1.54) is 56.7 Å². The third-order valence-electron chi connectivity index (χ3n) is 2.64. The fourth-order valence-corrected chi connectivity index (χ4v) is 2.37. The van der Waals surface area contributed by atoms with Crippen molar-refractivity contribution in [2.24, 2.45) is 0 Å². The van der Waals surface area contributed by atoms with Gasteiger partial charge in [-0.1, -0.05) is 18.6 Å². The lowest BCUT2D eigenvalue weighted by molar-refractivity contribution is 0.645. The van der Waals surface area contributed by atoms with Crippen molar-refractivity contribution < 1.29 is 0 Å². The zero-order valence-corrected chi connectivity index (χ0v) is 10.2. The van der Waals surface area contributed by atoms with Crippen LogP contribution in [0.15, 0.2) is 11.6 Å². The molecule has 0 amide bonds. The summed E-state index contributed by atoms with van der Waals surface area (Å²) in [6.45, 7) is 4.57. The van der Waals surface area contributed by atoms with E-state index in [1.807, 2.05) is 11.8 Å². The van der Waals surface area contributed by atoms with E-state index in [0.717, 1.165) is 0 Å². The van der Waals surface area contributed by atoms with Crippen LogP contribution in [-0.2, 0) is 0 Å². The van der Waals surface area contributed by atoms with Gasteiger partial charge in [-0.2, -0.15) is 11.8 Å². The predicted octanol–water partition coefficient (Wildman–Crippen LogP) is 3.22. The second-order valence-corrected chi connectivity index (χ2v) is 5.20. The number of nitrogens with one attached hydrogen (secondary N) is 1. The van der Waals surface area contributed by atoms with E-state index in [0.29, 0.717) is 0 Å². The van der Waals surface area contributed by atoms with Crippen LogP contribution in [0.25, 0.3) is 0 Å². The lowest BCUT2D eigenvalue weighted by Gasteiger charge is -2.12. The molecule has 0 aromatic rings. The van der Waals surface area contributed by atoms with E-state index in [4.69, 9.17) is 0 Å². The van der Waals surface area contributed by atoms with Crippen LogP contribution in [0.4, 0.5) is 0 Å². The van der Waals surface area contributed by atoms with Gasteiger partial charge in [0.15, 0.2) is 0 Å². The molecule has 1 aliphatic rings. The van der Waals surface area contributed by atoms with Crippen molar-refractivity contribution in [2.75, 3.05) is 24.6 Å². The molecule has 0 saturated carbocycles. The molecule has 0 aromatic heterocycles. The molecular weight excluding hydrogens is 190 g/mol. The standard InChI is InChI=1S/C12H23NS/c1-2-14-11-10-13-9-8-12-6-4-3-5-7-12/h6,13H,2-5,7-11H2,1H3. The summed E-state index contributed by atoms with van der Waals surface area (Å²) >= 11 is 2.02. The summed E-state index contributed by atoms with van der Waals surface area (Å²) < 4.78 is 0. The van der Waals surface area contributed by atoms with Gasteiger partial charge in [0.05, 0.1) is 0 Å². The Kier molecular flexibility index (Phi) is 7.24. The van der Waals surface area contributed by atoms with Gasteiger partial charge < -0.3 is 5.32 Å². The number of allylic oxidation sites excluding steroid dienone is 1. The Balaban J connectivity index is 1.90. The van der Waals surface area contributed by atoms with Crippen LogP contribution < -0.4 is 5.32 Å².